The molecule has 4 nitrogen and oxygen atoms in total. The average molecular weight is 232 g/mol. The van der Waals surface area contributed by atoms with Gasteiger partial charge in [0.1, 0.15) is 0 Å². The van der Waals surface area contributed by atoms with E-state index in [9.17, 15) is 4.79 Å². The lowest BCUT2D eigenvalue weighted by Gasteiger charge is -2.03. The normalized spacial score (nSPS) is 10.7. The number of aromatic amines is 1. The minimum Gasteiger partial charge on any atom is -0.395 e. The average Bonchev–Trinajstić information content (AvgIpc) is 2.64. The number of aliphatic hydroxyl groups excluding tert-OH is 1. The number of carbonyl (C=O) groups is 1. The zero-order valence-electron chi connectivity index (χ0n) is 9.79. The van der Waals surface area contributed by atoms with Crippen LogP contribution in [0.5, 0.6) is 0 Å². The zero-order chi connectivity index (χ0) is 12.3. The number of H-pyrrole nitrogens is 1. The predicted octanol–water partition coefficient (Wildman–Crippen LogP) is 1.13. The van der Waals surface area contributed by atoms with E-state index in [2.05, 4.69) is 10.3 Å². The number of aryl methyl sites for hydroxylation is 1. The van der Waals surface area contributed by atoms with Crippen LogP contribution in [-0.2, 0) is 11.2 Å². The Labute approximate surface area is 99.7 Å². The molecule has 0 bridgehead atoms. The number of hydrogen-bond donors (Lipinski definition) is 3. The van der Waals surface area contributed by atoms with Gasteiger partial charge in [-0.1, -0.05) is 18.2 Å². The highest BCUT2D eigenvalue weighted by Crippen LogP contribution is 2.22. The molecule has 0 unspecified atom stereocenters. The quantitative estimate of drug-likeness (QED) is 0.739. The molecule has 0 aliphatic heterocycles. The van der Waals surface area contributed by atoms with E-state index in [0.717, 1.165) is 22.2 Å². The number of amides is 1. The molecule has 0 spiro atoms. The van der Waals surface area contributed by atoms with Crippen LogP contribution in [0.1, 0.15) is 11.3 Å². The number of carbonyl (C=O) groups excluding carboxylic acids is 1. The highest BCUT2D eigenvalue weighted by atomic mass is 16.3. The zero-order valence-corrected chi connectivity index (χ0v) is 9.79. The Hall–Kier alpha value is -1.81. The van der Waals surface area contributed by atoms with Gasteiger partial charge in [0, 0.05) is 23.1 Å². The summed E-state index contributed by atoms with van der Waals surface area (Å²) in [5.41, 5.74) is 3.09. The van der Waals surface area contributed by atoms with Crippen molar-refractivity contribution in [1.29, 1.82) is 0 Å². The maximum Gasteiger partial charge on any atom is 0.224 e. The first kappa shape index (κ1) is 11.7. The largest absolute Gasteiger partial charge is 0.395 e. The first-order valence-corrected chi connectivity index (χ1v) is 5.66. The van der Waals surface area contributed by atoms with Gasteiger partial charge in [0.2, 0.25) is 5.91 Å². The van der Waals surface area contributed by atoms with E-state index in [1.165, 1.54) is 0 Å². The fraction of sp³-hybridized carbons (Fsp3) is 0.308. The summed E-state index contributed by atoms with van der Waals surface area (Å²) in [6, 6.07) is 7.93. The van der Waals surface area contributed by atoms with Gasteiger partial charge in [-0.25, -0.2) is 0 Å². The molecule has 0 atom stereocenters. The van der Waals surface area contributed by atoms with Gasteiger partial charge >= 0.3 is 0 Å². The molecule has 1 aromatic carbocycles. The van der Waals surface area contributed by atoms with E-state index in [0.29, 0.717) is 13.0 Å². The Kier molecular flexibility index (Phi) is 3.44. The summed E-state index contributed by atoms with van der Waals surface area (Å²) in [5.74, 6) is -0.0631. The van der Waals surface area contributed by atoms with Crippen LogP contribution in [0.2, 0.25) is 0 Å². The molecular formula is C13H16N2O2. The number of aromatic nitrogens is 1. The molecule has 3 N–H and O–H groups in total. The number of nitrogens with one attached hydrogen (secondary N) is 2. The number of rotatable bonds is 4. The molecule has 1 heterocycles. The van der Waals surface area contributed by atoms with Crippen molar-refractivity contribution < 1.29 is 9.90 Å². The van der Waals surface area contributed by atoms with Crippen LogP contribution in [0.25, 0.3) is 10.9 Å². The first-order chi connectivity index (χ1) is 8.22. The van der Waals surface area contributed by atoms with Crippen molar-refractivity contribution in [1.82, 2.24) is 10.3 Å². The van der Waals surface area contributed by atoms with Crippen molar-refractivity contribution >= 4 is 16.8 Å². The molecule has 90 valence electrons. The van der Waals surface area contributed by atoms with Gasteiger partial charge < -0.3 is 15.4 Å². The minimum atomic E-state index is -0.0631. The molecule has 1 aromatic heterocycles. The number of hydrogen-bond acceptors (Lipinski definition) is 2. The Bertz CT molecular complexity index is 531. The van der Waals surface area contributed by atoms with E-state index in [4.69, 9.17) is 5.11 Å². The van der Waals surface area contributed by atoms with Crippen molar-refractivity contribution in [3.8, 4) is 0 Å². The summed E-state index contributed by atoms with van der Waals surface area (Å²) in [6.45, 7) is 2.24. The molecule has 0 aliphatic rings. The lowest BCUT2D eigenvalue weighted by atomic mass is 10.1. The molecule has 2 rings (SSSR count). The van der Waals surface area contributed by atoms with Crippen LogP contribution < -0.4 is 5.32 Å². The third-order valence-electron chi connectivity index (χ3n) is 2.80. The molecule has 0 radical (unpaired) electrons. The molecule has 0 saturated heterocycles. The van der Waals surface area contributed by atoms with Crippen LogP contribution in [0.3, 0.4) is 0 Å². The highest BCUT2D eigenvalue weighted by molar-refractivity contribution is 5.90. The monoisotopic (exact) mass is 232 g/mol. The summed E-state index contributed by atoms with van der Waals surface area (Å²) in [5, 5.41) is 12.4. The SMILES string of the molecule is Cc1[nH]c2ccccc2c1CC(=O)NCCO. The lowest BCUT2D eigenvalue weighted by molar-refractivity contribution is -0.120. The van der Waals surface area contributed by atoms with Crippen LogP contribution >= 0.6 is 0 Å². The molecule has 0 aliphatic carbocycles. The fourth-order valence-electron chi connectivity index (χ4n) is 1.98. The standard InChI is InChI=1S/C13H16N2O2/c1-9-11(8-13(17)14-6-7-16)10-4-2-3-5-12(10)15-9/h2-5,15-16H,6-8H2,1H3,(H,14,17). The van der Waals surface area contributed by atoms with E-state index in [-0.39, 0.29) is 12.5 Å². The van der Waals surface area contributed by atoms with Gasteiger partial charge in [0.05, 0.1) is 13.0 Å². The molecule has 1 amide bonds. The van der Waals surface area contributed by atoms with Crippen molar-refractivity contribution in [2.24, 2.45) is 0 Å². The van der Waals surface area contributed by atoms with Gasteiger partial charge in [-0.05, 0) is 18.6 Å². The van der Waals surface area contributed by atoms with Gasteiger partial charge in [0.25, 0.3) is 0 Å². The van der Waals surface area contributed by atoms with Gasteiger partial charge in [-0.15, -0.1) is 0 Å². The fourth-order valence-corrected chi connectivity index (χ4v) is 1.98. The van der Waals surface area contributed by atoms with Gasteiger partial charge in [-0.3, -0.25) is 4.79 Å². The van der Waals surface area contributed by atoms with Crippen LogP contribution in [-0.4, -0.2) is 29.1 Å². The first-order valence-electron chi connectivity index (χ1n) is 5.66. The topological polar surface area (TPSA) is 65.1 Å². The number of aliphatic hydroxyl groups is 1. The molecule has 4 heteroatoms. The van der Waals surface area contributed by atoms with E-state index in [1.807, 2.05) is 31.2 Å². The summed E-state index contributed by atoms with van der Waals surface area (Å²) in [4.78, 5) is 14.9. The smallest absolute Gasteiger partial charge is 0.224 e. The summed E-state index contributed by atoms with van der Waals surface area (Å²) < 4.78 is 0. The highest BCUT2D eigenvalue weighted by Gasteiger charge is 2.11. The maximum absolute atomic E-state index is 11.6. The summed E-state index contributed by atoms with van der Waals surface area (Å²) >= 11 is 0. The minimum absolute atomic E-state index is 0.0292. The summed E-state index contributed by atoms with van der Waals surface area (Å²) in [7, 11) is 0. The second kappa shape index (κ2) is 5.01. The maximum atomic E-state index is 11.6. The molecule has 17 heavy (non-hydrogen) atoms. The molecule has 2 aromatic rings. The van der Waals surface area contributed by atoms with E-state index in [1.54, 1.807) is 0 Å². The lowest BCUT2D eigenvalue weighted by Crippen LogP contribution is -2.27. The number of para-hydroxylation sites is 1. The number of fused-ring (bicyclic) bond motifs is 1. The Balaban J connectivity index is 2.23. The van der Waals surface area contributed by atoms with Crippen LogP contribution in [0.4, 0.5) is 0 Å². The summed E-state index contributed by atoms with van der Waals surface area (Å²) in [6.07, 6.45) is 0.343. The van der Waals surface area contributed by atoms with Crippen molar-refractivity contribution in [2.75, 3.05) is 13.2 Å². The Morgan fingerprint density at radius 1 is 1.41 bits per heavy atom. The Morgan fingerprint density at radius 3 is 2.94 bits per heavy atom. The third kappa shape index (κ3) is 2.47. The molecule has 0 fully saturated rings. The van der Waals surface area contributed by atoms with Crippen LogP contribution in [0.15, 0.2) is 24.3 Å². The van der Waals surface area contributed by atoms with Crippen molar-refractivity contribution in [2.45, 2.75) is 13.3 Å². The Morgan fingerprint density at radius 2 is 2.18 bits per heavy atom. The van der Waals surface area contributed by atoms with E-state index < -0.39 is 0 Å². The van der Waals surface area contributed by atoms with Crippen molar-refractivity contribution in [3.63, 3.8) is 0 Å². The predicted molar refractivity (Wildman–Crippen MR) is 66.8 cm³/mol. The molecule has 0 saturated carbocycles. The van der Waals surface area contributed by atoms with Gasteiger partial charge in [0.15, 0.2) is 0 Å². The second-order valence-corrected chi connectivity index (χ2v) is 4.02. The van der Waals surface area contributed by atoms with E-state index >= 15 is 0 Å². The third-order valence-corrected chi connectivity index (χ3v) is 2.80. The van der Waals surface area contributed by atoms with Crippen LogP contribution in [0, 0.1) is 6.92 Å². The van der Waals surface area contributed by atoms with Gasteiger partial charge in [-0.2, -0.15) is 0 Å². The van der Waals surface area contributed by atoms with Crippen molar-refractivity contribution in [3.05, 3.63) is 35.5 Å². The molecular weight excluding hydrogens is 216 g/mol. The second-order valence-electron chi connectivity index (χ2n) is 4.02. The number of benzene rings is 1.